The van der Waals surface area contributed by atoms with E-state index in [1.54, 1.807) is 0 Å². The van der Waals surface area contributed by atoms with Crippen molar-refractivity contribution in [2.75, 3.05) is 62.3 Å². The van der Waals surface area contributed by atoms with Crippen LogP contribution in [0.5, 0.6) is 0 Å². The second-order valence-electron chi connectivity index (χ2n) is 9.12. The highest BCUT2D eigenvalue weighted by Crippen LogP contribution is 2.45. The number of anilines is 2. The number of rotatable bonds is 3. The van der Waals surface area contributed by atoms with Crippen LogP contribution in [-0.4, -0.2) is 72.6 Å². The van der Waals surface area contributed by atoms with Crippen LogP contribution in [-0.2, 0) is 4.74 Å². The van der Waals surface area contributed by atoms with Crippen LogP contribution in [0.4, 0.5) is 17.5 Å². The number of aromatic nitrogens is 4. The van der Waals surface area contributed by atoms with Gasteiger partial charge in [0.2, 0.25) is 5.95 Å². The molecule has 0 saturated carbocycles. The maximum absolute atomic E-state index is 8.10. The monoisotopic (exact) mass is 430 g/mol. The summed E-state index contributed by atoms with van der Waals surface area (Å²) in [4.78, 5) is 18.4. The van der Waals surface area contributed by atoms with Crippen LogP contribution >= 0.6 is 0 Å². The SMILES string of the molecule is [C-]#[N+]c1c(-c2c(C)ccc3[nH]ncc23)nc(N2CCOCC2)nc1N1CCC2(CNC2)C1. The third-order valence-electron chi connectivity index (χ3n) is 7.07. The maximum atomic E-state index is 8.10. The number of nitrogens with one attached hydrogen (secondary N) is 2. The van der Waals surface area contributed by atoms with Gasteiger partial charge in [0.1, 0.15) is 5.82 Å². The van der Waals surface area contributed by atoms with Crippen LogP contribution in [0.2, 0.25) is 0 Å². The van der Waals surface area contributed by atoms with Crippen LogP contribution in [0.3, 0.4) is 0 Å². The van der Waals surface area contributed by atoms with Gasteiger partial charge in [0.25, 0.3) is 5.69 Å². The average Bonchev–Trinajstić information content (AvgIpc) is 3.46. The van der Waals surface area contributed by atoms with E-state index in [0.717, 1.165) is 73.5 Å². The molecule has 3 saturated heterocycles. The Hall–Kier alpha value is -3.22. The highest BCUT2D eigenvalue weighted by atomic mass is 16.5. The van der Waals surface area contributed by atoms with E-state index >= 15 is 0 Å². The van der Waals surface area contributed by atoms with Crippen LogP contribution in [0.25, 0.3) is 27.0 Å². The zero-order valence-electron chi connectivity index (χ0n) is 18.2. The molecule has 32 heavy (non-hydrogen) atoms. The lowest BCUT2D eigenvalue weighted by Gasteiger charge is -2.39. The van der Waals surface area contributed by atoms with Gasteiger partial charge in [-0.05, 0) is 25.0 Å². The summed E-state index contributed by atoms with van der Waals surface area (Å²) in [6.45, 7) is 16.9. The number of nitrogens with zero attached hydrogens (tertiary/aromatic N) is 6. The van der Waals surface area contributed by atoms with Crippen LogP contribution in [0, 0.1) is 18.9 Å². The van der Waals surface area contributed by atoms with E-state index in [4.69, 9.17) is 21.3 Å². The Balaban J connectivity index is 1.55. The number of morpholine rings is 1. The van der Waals surface area contributed by atoms with E-state index in [1.165, 1.54) is 0 Å². The predicted octanol–water partition coefficient (Wildman–Crippen LogP) is 2.52. The number of fused-ring (bicyclic) bond motifs is 1. The molecule has 2 N–H and O–H groups in total. The van der Waals surface area contributed by atoms with Crippen LogP contribution in [0.1, 0.15) is 12.0 Å². The third-order valence-corrected chi connectivity index (χ3v) is 7.07. The van der Waals surface area contributed by atoms with Crippen molar-refractivity contribution in [3.8, 4) is 11.3 Å². The fourth-order valence-corrected chi connectivity index (χ4v) is 5.16. The Bertz CT molecular complexity index is 1220. The number of ether oxygens (including phenoxy) is 1. The fraction of sp³-hybridized carbons (Fsp3) is 0.478. The fourth-order valence-electron chi connectivity index (χ4n) is 5.16. The average molecular weight is 431 g/mol. The molecule has 3 aromatic rings. The van der Waals surface area contributed by atoms with Gasteiger partial charge in [0, 0.05) is 55.6 Å². The van der Waals surface area contributed by atoms with Gasteiger partial charge in [-0.2, -0.15) is 5.10 Å². The van der Waals surface area contributed by atoms with E-state index in [-0.39, 0.29) is 0 Å². The van der Waals surface area contributed by atoms with E-state index in [2.05, 4.69) is 43.1 Å². The molecular weight excluding hydrogens is 404 g/mol. The number of aromatic amines is 1. The van der Waals surface area contributed by atoms with Crippen molar-refractivity contribution in [3.05, 3.63) is 35.3 Å². The molecule has 0 radical (unpaired) electrons. The summed E-state index contributed by atoms with van der Waals surface area (Å²) in [7, 11) is 0. The van der Waals surface area contributed by atoms with E-state index in [0.29, 0.717) is 36.0 Å². The first-order valence-electron chi connectivity index (χ1n) is 11.2. The molecule has 3 aliphatic rings. The Labute approximate surface area is 186 Å². The smallest absolute Gasteiger partial charge is 0.254 e. The first-order valence-corrected chi connectivity index (χ1v) is 11.2. The van der Waals surface area contributed by atoms with E-state index < -0.39 is 0 Å². The standard InChI is InChI=1S/C23H26N8O/c1-15-3-4-17-16(11-26-29-17)18(15)19-20(24-2)21(31-6-5-23(14-31)12-25-13-23)28-22(27-19)30-7-9-32-10-8-30/h3-4,11,25H,5-10,12-14H2,1H3,(H,26,29). The number of aryl methyl sites for hydroxylation is 1. The normalized spacial score (nSPS) is 20.0. The van der Waals surface area contributed by atoms with Gasteiger partial charge in [0.05, 0.1) is 37.2 Å². The highest BCUT2D eigenvalue weighted by Gasteiger charge is 2.44. The van der Waals surface area contributed by atoms with Gasteiger partial charge in [-0.1, -0.05) is 6.07 Å². The minimum Gasteiger partial charge on any atom is -0.378 e. The molecule has 5 heterocycles. The van der Waals surface area contributed by atoms with Crippen molar-refractivity contribution in [3.63, 3.8) is 0 Å². The molecule has 2 aromatic heterocycles. The Morgan fingerprint density at radius 3 is 2.69 bits per heavy atom. The van der Waals surface area contributed by atoms with E-state index in [1.807, 2.05) is 12.3 Å². The second-order valence-corrected chi connectivity index (χ2v) is 9.12. The third kappa shape index (κ3) is 3.02. The van der Waals surface area contributed by atoms with Gasteiger partial charge in [-0.25, -0.2) is 14.8 Å². The lowest BCUT2D eigenvalue weighted by atomic mass is 9.81. The van der Waals surface area contributed by atoms with Gasteiger partial charge < -0.3 is 19.9 Å². The van der Waals surface area contributed by atoms with Gasteiger partial charge in [0.15, 0.2) is 0 Å². The minimum absolute atomic E-state index is 0.310. The van der Waals surface area contributed by atoms with Crippen LogP contribution in [0.15, 0.2) is 18.3 Å². The molecule has 1 spiro atoms. The Kier molecular flexibility index (Phi) is 4.52. The second kappa shape index (κ2) is 7.43. The summed E-state index contributed by atoms with van der Waals surface area (Å²) in [5.74, 6) is 1.44. The highest BCUT2D eigenvalue weighted by molar-refractivity contribution is 6.00. The van der Waals surface area contributed by atoms with Gasteiger partial charge >= 0.3 is 0 Å². The molecule has 0 unspecified atom stereocenters. The van der Waals surface area contributed by atoms with Gasteiger partial charge in [-0.15, -0.1) is 0 Å². The van der Waals surface area contributed by atoms with E-state index in [9.17, 15) is 0 Å². The predicted molar refractivity (Wildman–Crippen MR) is 123 cm³/mol. The number of hydrogen-bond acceptors (Lipinski definition) is 7. The number of hydrogen-bond donors (Lipinski definition) is 2. The quantitative estimate of drug-likeness (QED) is 0.618. The molecule has 9 heteroatoms. The molecule has 0 amide bonds. The molecule has 0 atom stereocenters. The molecule has 164 valence electrons. The van der Waals surface area contributed by atoms with Gasteiger partial charge in [-0.3, -0.25) is 5.10 Å². The molecule has 6 rings (SSSR count). The zero-order valence-corrected chi connectivity index (χ0v) is 18.2. The number of H-pyrrole nitrogens is 1. The summed E-state index contributed by atoms with van der Waals surface area (Å²) in [6, 6.07) is 4.09. The van der Waals surface area contributed by atoms with Crippen LogP contribution < -0.4 is 15.1 Å². The van der Waals surface area contributed by atoms with Crippen molar-refractivity contribution in [2.45, 2.75) is 13.3 Å². The molecule has 3 fully saturated rings. The van der Waals surface area contributed by atoms with Crippen molar-refractivity contribution in [1.82, 2.24) is 25.5 Å². The molecular formula is C23H26N8O. The summed E-state index contributed by atoms with van der Waals surface area (Å²) >= 11 is 0. The summed E-state index contributed by atoms with van der Waals surface area (Å²) in [5.41, 5.74) is 4.51. The summed E-state index contributed by atoms with van der Waals surface area (Å²) in [5, 5.41) is 11.7. The first kappa shape index (κ1) is 19.5. The molecule has 0 aliphatic carbocycles. The minimum atomic E-state index is 0.310. The molecule has 0 bridgehead atoms. The van der Waals surface area contributed by atoms with Crippen molar-refractivity contribution >= 4 is 28.4 Å². The number of benzene rings is 1. The largest absolute Gasteiger partial charge is 0.378 e. The zero-order chi connectivity index (χ0) is 21.7. The molecule has 9 nitrogen and oxygen atoms in total. The lowest BCUT2D eigenvalue weighted by Crippen LogP contribution is -2.54. The topological polar surface area (TPSA) is 86.6 Å². The van der Waals surface area contributed by atoms with Crippen molar-refractivity contribution in [2.24, 2.45) is 5.41 Å². The summed E-state index contributed by atoms with van der Waals surface area (Å²) in [6.07, 6.45) is 2.95. The lowest BCUT2D eigenvalue weighted by molar-refractivity contribution is 0.122. The summed E-state index contributed by atoms with van der Waals surface area (Å²) < 4.78 is 5.55. The Morgan fingerprint density at radius 1 is 1.12 bits per heavy atom. The maximum Gasteiger partial charge on any atom is 0.254 e. The Morgan fingerprint density at radius 2 is 1.97 bits per heavy atom. The molecule has 3 aliphatic heterocycles. The van der Waals surface area contributed by atoms with Crippen molar-refractivity contribution in [1.29, 1.82) is 0 Å². The molecule has 1 aromatic carbocycles. The first-order chi connectivity index (χ1) is 15.7. The van der Waals surface area contributed by atoms with Crippen molar-refractivity contribution < 1.29 is 4.74 Å².